The third-order valence-electron chi connectivity index (χ3n) is 12.3. The Morgan fingerprint density at radius 3 is 2.40 bits per heavy atom. The minimum Gasteiger partial charge on any atom is -0.367 e. The first-order valence-corrected chi connectivity index (χ1v) is 19.8. The van der Waals surface area contributed by atoms with Crippen LogP contribution >= 0.6 is 0 Å². The van der Waals surface area contributed by atoms with Gasteiger partial charge in [-0.2, -0.15) is 18.3 Å². The number of alkyl halides is 3. The van der Waals surface area contributed by atoms with E-state index in [0.717, 1.165) is 105 Å². The highest BCUT2D eigenvalue weighted by Gasteiger charge is 2.35. The number of anilines is 2. The van der Waals surface area contributed by atoms with Crippen LogP contribution in [0.15, 0.2) is 59.5 Å². The first kappa shape index (κ1) is 37.1. The van der Waals surface area contributed by atoms with Gasteiger partial charge in [0.05, 0.1) is 28.3 Å². The number of imidazole rings is 1. The molecule has 9 rings (SSSR count). The molecule has 0 radical (unpaired) electrons. The fourth-order valence-corrected chi connectivity index (χ4v) is 9.07. The van der Waals surface area contributed by atoms with Gasteiger partial charge in [-0.05, 0) is 98.7 Å². The number of piperazine rings is 1. The lowest BCUT2D eigenvalue weighted by molar-refractivity contribution is -0.141. The molecule has 1 unspecified atom stereocenters. The number of carbonyl (C=O) groups excluding carboxylic acids is 3. The second-order valence-electron chi connectivity index (χ2n) is 16.0. The van der Waals surface area contributed by atoms with E-state index >= 15 is 0 Å². The number of pyridine rings is 1. The summed E-state index contributed by atoms with van der Waals surface area (Å²) in [6.07, 6.45) is 3.99. The standard InChI is InChI=1S/C41H44F3N9O4/c1-49-37-32(5-3-6-33(37)53(40(49)57)34-14-15-36(54)47-39(34)56)51-18-16-50(17-19-51)22-24-8-12-27(13-9-24)52-23-26-20-31(28(25-10-11-25)21-30(26)48-52)46-38(55)29-4-2-7-35(45-29)41(42,43)44/h2-7,20-21,23-25,27,34H,8-19,22H2,1H3,(H,46,55)(H,47,54,56). The van der Waals surface area contributed by atoms with Crippen molar-refractivity contribution in [2.24, 2.45) is 13.0 Å². The second-order valence-corrected chi connectivity index (χ2v) is 16.0. The Hall–Kier alpha value is -5.51. The average Bonchev–Trinajstić information content (AvgIpc) is 3.91. The molecule has 0 spiro atoms. The smallest absolute Gasteiger partial charge is 0.367 e. The predicted octanol–water partition coefficient (Wildman–Crippen LogP) is 5.76. The van der Waals surface area contributed by atoms with Crippen molar-refractivity contribution in [1.29, 1.82) is 0 Å². The number of piperidine rings is 1. The van der Waals surface area contributed by atoms with Gasteiger partial charge >= 0.3 is 11.9 Å². The number of aryl methyl sites for hydroxylation is 1. The molecule has 1 atom stereocenters. The number of aromatic nitrogens is 5. The van der Waals surface area contributed by atoms with Crippen LogP contribution in [0.5, 0.6) is 0 Å². The summed E-state index contributed by atoms with van der Waals surface area (Å²) >= 11 is 0. The van der Waals surface area contributed by atoms with Crippen LogP contribution in [0.1, 0.15) is 91.1 Å². The van der Waals surface area contributed by atoms with E-state index in [-0.39, 0.29) is 35.7 Å². The number of fused-ring (bicyclic) bond motifs is 2. The van der Waals surface area contributed by atoms with Crippen LogP contribution in [0.4, 0.5) is 24.5 Å². The molecule has 57 heavy (non-hydrogen) atoms. The van der Waals surface area contributed by atoms with Gasteiger partial charge in [0, 0.05) is 63.5 Å². The predicted molar refractivity (Wildman–Crippen MR) is 207 cm³/mol. The number of carbonyl (C=O) groups is 3. The number of para-hydroxylation sites is 1. The molecule has 2 saturated carbocycles. The number of hydrogen-bond acceptors (Lipinski definition) is 8. The zero-order valence-corrected chi connectivity index (χ0v) is 31.6. The Labute approximate surface area is 325 Å². The molecule has 16 heteroatoms. The highest BCUT2D eigenvalue weighted by atomic mass is 19.4. The third-order valence-corrected chi connectivity index (χ3v) is 12.3. The van der Waals surface area contributed by atoms with E-state index in [1.807, 2.05) is 36.5 Å². The van der Waals surface area contributed by atoms with Crippen LogP contribution < -0.4 is 21.2 Å². The molecular formula is C41H44F3N9O4. The first-order chi connectivity index (χ1) is 27.4. The molecule has 2 aliphatic carbocycles. The van der Waals surface area contributed by atoms with Crippen LogP contribution in [0, 0.1) is 5.92 Å². The van der Waals surface area contributed by atoms with Crippen molar-refractivity contribution in [3.05, 3.63) is 82.2 Å². The van der Waals surface area contributed by atoms with Gasteiger partial charge in [0.15, 0.2) is 0 Å². The first-order valence-electron chi connectivity index (χ1n) is 19.8. The molecule has 3 aromatic heterocycles. The number of imide groups is 1. The van der Waals surface area contributed by atoms with Crippen molar-refractivity contribution in [2.45, 2.75) is 75.5 Å². The number of nitrogens with zero attached hydrogens (tertiary/aromatic N) is 7. The minimum atomic E-state index is -4.64. The van der Waals surface area contributed by atoms with Gasteiger partial charge in [0.1, 0.15) is 17.4 Å². The molecule has 5 heterocycles. The maximum atomic E-state index is 13.4. The van der Waals surface area contributed by atoms with Crippen LogP contribution in [-0.2, 0) is 22.8 Å². The van der Waals surface area contributed by atoms with Gasteiger partial charge in [-0.15, -0.1) is 0 Å². The summed E-state index contributed by atoms with van der Waals surface area (Å²) in [7, 11) is 1.74. The van der Waals surface area contributed by atoms with Crippen LogP contribution in [0.25, 0.3) is 21.9 Å². The highest BCUT2D eigenvalue weighted by molar-refractivity contribution is 6.04. The van der Waals surface area contributed by atoms with Crippen LogP contribution in [0.3, 0.4) is 0 Å². The van der Waals surface area contributed by atoms with E-state index in [4.69, 9.17) is 5.10 Å². The normalized spacial score (nSPS) is 22.3. The fourth-order valence-electron chi connectivity index (χ4n) is 9.07. The number of nitrogens with one attached hydrogen (secondary N) is 2. The van der Waals surface area contributed by atoms with Crippen molar-refractivity contribution in [3.63, 3.8) is 0 Å². The molecule has 4 fully saturated rings. The lowest BCUT2D eigenvalue weighted by atomic mass is 9.85. The second kappa shape index (κ2) is 14.5. The van der Waals surface area contributed by atoms with Gasteiger partial charge in [0.2, 0.25) is 11.8 Å². The fraction of sp³-hybridized carbons (Fsp3) is 0.463. The van der Waals surface area contributed by atoms with E-state index in [9.17, 15) is 32.3 Å². The maximum Gasteiger partial charge on any atom is 0.433 e. The van der Waals surface area contributed by atoms with Gasteiger partial charge < -0.3 is 10.2 Å². The van der Waals surface area contributed by atoms with Gasteiger partial charge in [-0.3, -0.25) is 38.4 Å². The van der Waals surface area contributed by atoms with Crippen molar-refractivity contribution in [1.82, 2.24) is 34.1 Å². The van der Waals surface area contributed by atoms with E-state index in [1.54, 1.807) is 11.6 Å². The van der Waals surface area contributed by atoms with Crippen molar-refractivity contribution < 1.29 is 27.6 Å². The summed E-state index contributed by atoms with van der Waals surface area (Å²) in [5.74, 6) is -0.591. The van der Waals surface area contributed by atoms with E-state index in [2.05, 4.69) is 30.1 Å². The van der Waals surface area contributed by atoms with Crippen molar-refractivity contribution in [2.75, 3.05) is 42.9 Å². The lowest BCUT2D eigenvalue weighted by Crippen LogP contribution is -2.48. The molecule has 3 amide bonds. The molecule has 0 bridgehead atoms. The Morgan fingerprint density at radius 1 is 0.930 bits per heavy atom. The Balaban J connectivity index is 0.822. The molecule has 2 aliphatic heterocycles. The SMILES string of the molecule is Cn1c(=O)n(C2CCC(=O)NC2=O)c2cccc(N3CCN(CC4CCC(n5cc6cc(NC(=O)c7cccc(C(F)(F)F)n7)c(C7CC7)cc6n5)CC4)CC3)c21. The molecule has 2 N–H and O–H groups in total. The number of amides is 3. The summed E-state index contributed by atoms with van der Waals surface area (Å²) in [6.45, 7) is 4.44. The van der Waals surface area contributed by atoms with Gasteiger partial charge in [-0.1, -0.05) is 12.1 Å². The number of halogens is 3. The lowest BCUT2D eigenvalue weighted by Gasteiger charge is -2.39. The summed E-state index contributed by atoms with van der Waals surface area (Å²) in [6, 6.07) is 12.6. The maximum absolute atomic E-state index is 13.4. The zero-order chi connectivity index (χ0) is 39.6. The Morgan fingerprint density at radius 2 is 1.68 bits per heavy atom. The zero-order valence-electron chi connectivity index (χ0n) is 31.6. The molecule has 2 aromatic carbocycles. The number of rotatable bonds is 8. The van der Waals surface area contributed by atoms with Gasteiger partial charge in [-0.25, -0.2) is 9.78 Å². The van der Waals surface area contributed by atoms with Crippen molar-refractivity contribution >= 4 is 51.0 Å². The third kappa shape index (κ3) is 7.19. The van der Waals surface area contributed by atoms with E-state index < -0.39 is 29.7 Å². The Bertz CT molecular complexity index is 2450. The van der Waals surface area contributed by atoms with Gasteiger partial charge in [0.25, 0.3) is 5.91 Å². The molecule has 2 saturated heterocycles. The number of hydrogen-bond donors (Lipinski definition) is 2. The number of benzene rings is 2. The molecule has 5 aromatic rings. The largest absolute Gasteiger partial charge is 0.433 e. The van der Waals surface area contributed by atoms with Crippen LogP contribution in [-0.4, -0.2) is 79.2 Å². The summed E-state index contributed by atoms with van der Waals surface area (Å²) in [4.78, 5) is 59.4. The molecule has 4 aliphatic rings. The van der Waals surface area contributed by atoms with Crippen LogP contribution in [0.2, 0.25) is 0 Å². The molecule has 298 valence electrons. The Kier molecular flexibility index (Phi) is 9.41. The minimum absolute atomic E-state index is 0.199. The molecule has 13 nitrogen and oxygen atoms in total. The van der Waals surface area contributed by atoms with Crippen molar-refractivity contribution in [3.8, 4) is 0 Å². The quantitative estimate of drug-likeness (QED) is 0.190. The summed E-state index contributed by atoms with van der Waals surface area (Å²) < 4.78 is 45.0. The van der Waals surface area contributed by atoms with E-state index in [0.29, 0.717) is 23.5 Å². The molecular weight excluding hydrogens is 740 g/mol. The summed E-state index contributed by atoms with van der Waals surface area (Å²) in [5.41, 5.74) is 3.18. The van der Waals surface area contributed by atoms with E-state index in [1.165, 1.54) is 16.7 Å². The monoisotopic (exact) mass is 783 g/mol. The topological polar surface area (TPSA) is 139 Å². The summed E-state index contributed by atoms with van der Waals surface area (Å²) in [5, 5.41) is 11.1. The average molecular weight is 784 g/mol. The highest BCUT2D eigenvalue weighted by Crippen LogP contribution is 2.45.